The van der Waals surface area contributed by atoms with Gasteiger partial charge in [0, 0.05) is 74.0 Å². The molecule has 3 aliphatic rings. The largest absolute Gasteiger partial charge is 0.336 e. The number of nitrogens with zero attached hydrogens (tertiary/aromatic N) is 5. The maximum Gasteiger partial charge on any atom is 0.256 e. The number of pyridine rings is 1. The second-order valence-electron chi connectivity index (χ2n) is 9.07. The molecule has 2 aromatic rings. The summed E-state index contributed by atoms with van der Waals surface area (Å²) in [5.41, 5.74) is 2.95. The molecule has 4 heterocycles. The van der Waals surface area contributed by atoms with Gasteiger partial charge in [0.25, 0.3) is 11.5 Å². The Morgan fingerprint density at radius 2 is 1.65 bits per heavy atom. The van der Waals surface area contributed by atoms with E-state index >= 15 is 0 Å². The van der Waals surface area contributed by atoms with Crippen molar-refractivity contribution in [2.45, 2.75) is 64.0 Å². The normalized spacial score (nSPS) is 20.5. The molecule has 0 atom stereocenters. The molecule has 7 heteroatoms. The molecular formula is C24H31N5O2. The fourth-order valence-corrected chi connectivity index (χ4v) is 5.56. The van der Waals surface area contributed by atoms with Crippen molar-refractivity contribution in [2.75, 3.05) is 26.2 Å². The van der Waals surface area contributed by atoms with Crippen LogP contribution in [0.4, 0.5) is 0 Å². The zero-order chi connectivity index (χ0) is 21.2. The van der Waals surface area contributed by atoms with Crippen LogP contribution < -0.4 is 5.56 Å². The molecule has 2 aliphatic heterocycles. The van der Waals surface area contributed by atoms with Crippen LogP contribution in [0.2, 0.25) is 0 Å². The highest BCUT2D eigenvalue weighted by Crippen LogP contribution is 2.29. The first-order valence-electron chi connectivity index (χ1n) is 11.8. The van der Waals surface area contributed by atoms with Crippen molar-refractivity contribution in [3.05, 3.63) is 46.4 Å². The van der Waals surface area contributed by atoms with Gasteiger partial charge in [-0.3, -0.25) is 14.5 Å². The lowest BCUT2D eigenvalue weighted by molar-refractivity contribution is 0.0521. The molecule has 0 unspecified atom stereocenters. The van der Waals surface area contributed by atoms with Crippen molar-refractivity contribution in [2.24, 2.45) is 0 Å². The van der Waals surface area contributed by atoms with Crippen LogP contribution in [0.3, 0.4) is 0 Å². The highest BCUT2D eigenvalue weighted by Gasteiger charge is 2.31. The zero-order valence-electron chi connectivity index (χ0n) is 18.1. The van der Waals surface area contributed by atoms with Gasteiger partial charge in [-0.15, -0.1) is 0 Å². The molecule has 2 aromatic heterocycles. The summed E-state index contributed by atoms with van der Waals surface area (Å²) in [6, 6.07) is 2.30. The van der Waals surface area contributed by atoms with Gasteiger partial charge in [-0.1, -0.05) is 19.3 Å². The average molecular weight is 422 g/mol. The Labute approximate surface area is 183 Å². The van der Waals surface area contributed by atoms with Crippen LogP contribution in [0.25, 0.3) is 11.1 Å². The highest BCUT2D eigenvalue weighted by molar-refractivity contribution is 6.02. The number of hydrogen-bond acceptors (Lipinski definition) is 5. The van der Waals surface area contributed by atoms with E-state index in [1.54, 1.807) is 18.5 Å². The van der Waals surface area contributed by atoms with Gasteiger partial charge in [-0.2, -0.15) is 0 Å². The second kappa shape index (κ2) is 8.91. The van der Waals surface area contributed by atoms with Crippen LogP contribution in [0.15, 0.2) is 29.6 Å². The Morgan fingerprint density at radius 3 is 2.39 bits per heavy atom. The van der Waals surface area contributed by atoms with Gasteiger partial charge < -0.3 is 9.47 Å². The molecule has 0 radical (unpaired) electrons. The summed E-state index contributed by atoms with van der Waals surface area (Å²) in [7, 11) is 0. The van der Waals surface area contributed by atoms with E-state index < -0.39 is 0 Å². The predicted octanol–water partition coefficient (Wildman–Crippen LogP) is 2.73. The van der Waals surface area contributed by atoms with Crippen molar-refractivity contribution in [3.8, 4) is 11.1 Å². The lowest BCUT2D eigenvalue weighted by Crippen LogP contribution is -2.52. The number of piperazine rings is 1. The molecular weight excluding hydrogens is 390 g/mol. The Bertz CT molecular complexity index is 989. The number of amides is 1. The summed E-state index contributed by atoms with van der Waals surface area (Å²) in [6.45, 7) is 4.07. The molecule has 0 bridgehead atoms. The minimum atomic E-state index is -0.0350. The van der Waals surface area contributed by atoms with Gasteiger partial charge in [-0.25, -0.2) is 9.97 Å². The minimum Gasteiger partial charge on any atom is -0.336 e. The maximum atomic E-state index is 13.8. The van der Waals surface area contributed by atoms with Crippen molar-refractivity contribution < 1.29 is 4.79 Å². The molecule has 164 valence electrons. The molecule has 1 amide bonds. The van der Waals surface area contributed by atoms with E-state index in [1.165, 1.54) is 38.4 Å². The van der Waals surface area contributed by atoms with E-state index in [1.807, 2.05) is 9.47 Å². The molecule has 1 saturated carbocycles. The summed E-state index contributed by atoms with van der Waals surface area (Å²) >= 11 is 0. The summed E-state index contributed by atoms with van der Waals surface area (Å²) in [6.07, 6.45) is 14.2. The van der Waals surface area contributed by atoms with E-state index in [-0.39, 0.29) is 11.5 Å². The van der Waals surface area contributed by atoms with Crippen LogP contribution >= 0.6 is 0 Å². The second-order valence-corrected chi connectivity index (χ2v) is 9.07. The summed E-state index contributed by atoms with van der Waals surface area (Å²) in [5, 5.41) is 0. The van der Waals surface area contributed by atoms with Gasteiger partial charge >= 0.3 is 0 Å². The maximum absolute atomic E-state index is 13.8. The van der Waals surface area contributed by atoms with Gasteiger partial charge in [0.05, 0.1) is 5.56 Å². The van der Waals surface area contributed by atoms with Crippen LogP contribution in [-0.2, 0) is 13.0 Å². The molecule has 5 rings (SSSR count). The average Bonchev–Trinajstić information content (AvgIpc) is 2.85. The lowest BCUT2D eigenvalue weighted by atomic mass is 9.93. The first-order valence-corrected chi connectivity index (χ1v) is 11.8. The fraction of sp³-hybridized carbons (Fsp3) is 0.583. The van der Waals surface area contributed by atoms with Gasteiger partial charge in [0.1, 0.15) is 6.33 Å². The third-order valence-corrected chi connectivity index (χ3v) is 7.24. The smallest absolute Gasteiger partial charge is 0.256 e. The first kappa shape index (κ1) is 20.4. The van der Waals surface area contributed by atoms with Crippen molar-refractivity contribution in [3.63, 3.8) is 0 Å². The quantitative estimate of drug-likeness (QED) is 0.762. The van der Waals surface area contributed by atoms with E-state index in [9.17, 15) is 9.59 Å². The predicted molar refractivity (Wildman–Crippen MR) is 119 cm³/mol. The minimum absolute atomic E-state index is 0.0350. The van der Waals surface area contributed by atoms with Crippen LogP contribution in [0, 0.1) is 0 Å². The van der Waals surface area contributed by atoms with Crippen molar-refractivity contribution >= 4 is 5.91 Å². The fourth-order valence-electron chi connectivity index (χ4n) is 5.56. The standard InChI is InChI=1S/C24H31N5O2/c30-22-14-20(18-15-25-17-26-16-18)23(21-8-4-5-9-29(21)22)24(31)28-12-10-27(11-13-28)19-6-2-1-3-7-19/h14-17,19H,1-13H2. The summed E-state index contributed by atoms with van der Waals surface area (Å²) in [5.74, 6) is 0.0489. The van der Waals surface area contributed by atoms with Crippen LogP contribution in [-0.4, -0.2) is 62.5 Å². The zero-order valence-corrected chi connectivity index (χ0v) is 18.1. The molecule has 31 heavy (non-hydrogen) atoms. The number of carbonyl (C=O) groups excluding carboxylic acids is 1. The number of carbonyl (C=O) groups is 1. The molecule has 1 saturated heterocycles. The topological polar surface area (TPSA) is 71.3 Å². The SMILES string of the molecule is O=C(c1c(-c2cncnc2)cc(=O)n2c1CCCC2)N1CCN(C2CCCCC2)CC1. The monoisotopic (exact) mass is 421 g/mol. The van der Waals surface area contributed by atoms with Crippen molar-refractivity contribution in [1.29, 1.82) is 0 Å². The van der Waals surface area contributed by atoms with Crippen molar-refractivity contribution in [1.82, 2.24) is 24.3 Å². The Morgan fingerprint density at radius 1 is 0.903 bits per heavy atom. The molecule has 0 spiro atoms. The van der Waals surface area contributed by atoms with Crippen LogP contribution in [0.1, 0.15) is 61.0 Å². The Balaban J connectivity index is 1.45. The Kier molecular flexibility index (Phi) is 5.85. The third kappa shape index (κ3) is 4.03. The number of fused-ring (bicyclic) bond motifs is 1. The number of aromatic nitrogens is 3. The summed E-state index contributed by atoms with van der Waals surface area (Å²) in [4.78, 5) is 39.5. The lowest BCUT2D eigenvalue weighted by Gasteiger charge is -2.41. The van der Waals surface area contributed by atoms with E-state index in [4.69, 9.17) is 0 Å². The van der Waals surface area contributed by atoms with Gasteiger partial charge in [0.2, 0.25) is 0 Å². The van der Waals surface area contributed by atoms with E-state index in [0.29, 0.717) is 23.7 Å². The molecule has 1 aliphatic carbocycles. The number of rotatable bonds is 3. The van der Waals surface area contributed by atoms with E-state index in [0.717, 1.165) is 56.7 Å². The van der Waals surface area contributed by atoms with Gasteiger partial charge in [0.15, 0.2) is 0 Å². The number of hydrogen-bond donors (Lipinski definition) is 0. The molecule has 2 fully saturated rings. The highest BCUT2D eigenvalue weighted by atomic mass is 16.2. The van der Waals surface area contributed by atoms with E-state index in [2.05, 4.69) is 14.9 Å². The third-order valence-electron chi connectivity index (χ3n) is 7.24. The molecule has 0 N–H and O–H groups in total. The first-order chi connectivity index (χ1) is 15.2. The summed E-state index contributed by atoms with van der Waals surface area (Å²) < 4.78 is 1.81. The Hall–Kier alpha value is -2.54. The van der Waals surface area contributed by atoms with Gasteiger partial charge in [-0.05, 0) is 32.1 Å². The molecule has 0 aromatic carbocycles. The molecule has 7 nitrogen and oxygen atoms in total. The van der Waals surface area contributed by atoms with Crippen LogP contribution in [0.5, 0.6) is 0 Å².